The number of hydrogen-bond acceptors (Lipinski definition) is 5. The number of para-hydroxylation sites is 1. The summed E-state index contributed by atoms with van der Waals surface area (Å²) in [5.41, 5.74) is 1.57. The average Bonchev–Trinajstić information content (AvgIpc) is 3.14. The summed E-state index contributed by atoms with van der Waals surface area (Å²) in [6, 6.07) is 18.8. The molecule has 0 spiro atoms. The zero-order chi connectivity index (χ0) is 20.1. The number of nitrogens with zero attached hydrogens (tertiary/aromatic N) is 3. The van der Waals surface area contributed by atoms with Crippen LogP contribution in [0.2, 0.25) is 0 Å². The molecule has 3 rings (SSSR count). The topological polar surface area (TPSA) is 86.1 Å². The third-order valence-corrected chi connectivity index (χ3v) is 3.91. The van der Waals surface area contributed by atoms with Crippen LogP contribution in [0.15, 0.2) is 60.7 Å². The van der Waals surface area contributed by atoms with Crippen LogP contribution in [-0.4, -0.2) is 38.8 Å². The zero-order valence-corrected chi connectivity index (χ0v) is 16.0. The molecule has 0 aliphatic carbocycles. The van der Waals surface area contributed by atoms with Gasteiger partial charge in [0.2, 0.25) is 0 Å². The van der Waals surface area contributed by atoms with E-state index >= 15 is 0 Å². The lowest BCUT2D eigenvalue weighted by molar-refractivity contribution is -0.129. The maximum atomic E-state index is 12.5. The summed E-state index contributed by atoms with van der Waals surface area (Å²) in [7, 11) is 0. The fourth-order valence-corrected chi connectivity index (χ4v) is 2.59. The van der Waals surface area contributed by atoms with Gasteiger partial charge in [-0.15, -0.1) is 5.10 Å². The summed E-state index contributed by atoms with van der Waals surface area (Å²) < 4.78 is 6.84. The van der Waals surface area contributed by atoms with E-state index < -0.39 is 12.1 Å². The van der Waals surface area contributed by atoms with Crippen LogP contribution in [0.4, 0.5) is 0 Å². The molecule has 1 unspecified atom stereocenters. The molecule has 0 fully saturated rings. The lowest BCUT2D eigenvalue weighted by Gasteiger charge is -2.14. The van der Waals surface area contributed by atoms with Crippen molar-refractivity contribution in [2.75, 3.05) is 0 Å². The third-order valence-electron chi connectivity index (χ3n) is 3.91. The van der Waals surface area contributed by atoms with Gasteiger partial charge >= 0.3 is 5.97 Å². The van der Waals surface area contributed by atoms with Crippen LogP contribution in [0, 0.1) is 0 Å². The number of benzene rings is 2. The molecule has 0 radical (unpaired) electrons. The maximum Gasteiger partial charge on any atom is 0.379 e. The lowest BCUT2D eigenvalue weighted by Crippen LogP contribution is -2.39. The van der Waals surface area contributed by atoms with Crippen molar-refractivity contribution >= 4 is 11.9 Å². The van der Waals surface area contributed by atoms with Crippen LogP contribution in [0.1, 0.15) is 31.4 Å². The molecule has 28 heavy (non-hydrogen) atoms. The Hall–Kier alpha value is -3.48. The molecule has 7 heteroatoms. The van der Waals surface area contributed by atoms with Gasteiger partial charge in [-0.1, -0.05) is 48.5 Å². The maximum absolute atomic E-state index is 12.5. The third kappa shape index (κ3) is 4.43. The van der Waals surface area contributed by atoms with Crippen LogP contribution in [0.3, 0.4) is 0 Å². The highest BCUT2D eigenvalue weighted by Crippen LogP contribution is 2.21. The van der Waals surface area contributed by atoms with Crippen molar-refractivity contribution in [3.05, 3.63) is 66.5 Å². The highest BCUT2D eigenvalue weighted by atomic mass is 16.5. The van der Waals surface area contributed by atoms with Crippen molar-refractivity contribution in [2.45, 2.75) is 32.9 Å². The molecule has 0 saturated heterocycles. The number of rotatable bonds is 6. The number of carbonyl (C=O) groups is 2. The summed E-state index contributed by atoms with van der Waals surface area (Å²) in [5.74, 6) is -0.711. The first-order valence-electron chi connectivity index (χ1n) is 9.05. The smallest absolute Gasteiger partial charge is 0.379 e. The standard InChI is InChI=1S/C21H22N4O3/c1-14(2)22-20(26)15(3)28-21(27)18-23-19(16-10-6-4-7-11-16)25(24-18)17-12-8-5-9-13-17/h4-15H,1-3H3,(H,22,26). The molecular formula is C21H22N4O3. The minimum Gasteiger partial charge on any atom is -0.447 e. The summed E-state index contributed by atoms with van der Waals surface area (Å²) in [4.78, 5) is 28.9. The van der Waals surface area contributed by atoms with Gasteiger partial charge in [-0.3, -0.25) is 4.79 Å². The van der Waals surface area contributed by atoms with E-state index in [1.54, 1.807) is 4.68 Å². The minimum absolute atomic E-state index is 0.0475. The number of nitrogens with one attached hydrogen (secondary N) is 1. The second kappa shape index (κ2) is 8.47. The monoisotopic (exact) mass is 378 g/mol. The largest absolute Gasteiger partial charge is 0.447 e. The number of hydrogen-bond donors (Lipinski definition) is 1. The van der Waals surface area contributed by atoms with Crippen LogP contribution in [0.5, 0.6) is 0 Å². The molecule has 0 saturated carbocycles. The van der Waals surface area contributed by atoms with Gasteiger partial charge in [0.25, 0.3) is 11.7 Å². The Balaban J connectivity index is 1.91. The number of amides is 1. The number of esters is 1. The molecule has 1 heterocycles. The molecule has 7 nitrogen and oxygen atoms in total. The van der Waals surface area contributed by atoms with E-state index in [1.165, 1.54) is 6.92 Å². The Bertz CT molecular complexity index is 895. The van der Waals surface area contributed by atoms with Gasteiger partial charge < -0.3 is 10.1 Å². The molecular weight excluding hydrogens is 356 g/mol. The van der Waals surface area contributed by atoms with Crippen molar-refractivity contribution in [3.8, 4) is 17.1 Å². The van der Waals surface area contributed by atoms with Crippen molar-refractivity contribution < 1.29 is 14.3 Å². The molecule has 1 N–H and O–H groups in total. The molecule has 3 aromatic rings. The number of ether oxygens (including phenoxy) is 1. The van der Waals surface area contributed by atoms with Gasteiger partial charge in [0.15, 0.2) is 11.9 Å². The van der Waals surface area contributed by atoms with Crippen molar-refractivity contribution in [3.63, 3.8) is 0 Å². The Kier molecular flexibility index (Phi) is 5.84. The van der Waals surface area contributed by atoms with E-state index in [0.29, 0.717) is 5.82 Å². The summed E-state index contributed by atoms with van der Waals surface area (Å²) in [6.07, 6.45) is -0.946. The second-order valence-electron chi connectivity index (χ2n) is 6.58. The van der Waals surface area contributed by atoms with E-state index in [1.807, 2.05) is 74.5 Å². The molecule has 1 aromatic heterocycles. The highest BCUT2D eigenvalue weighted by molar-refractivity contribution is 5.89. The van der Waals surface area contributed by atoms with Gasteiger partial charge in [-0.05, 0) is 32.9 Å². The Labute approximate surface area is 163 Å². The summed E-state index contributed by atoms with van der Waals surface area (Å²) in [5, 5.41) is 7.03. The van der Waals surface area contributed by atoms with E-state index in [-0.39, 0.29) is 17.8 Å². The van der Waals surface area contributed by atoms with E-state index in [9.17, 15) is 9.59 Å². The minimum atomic E-state index is -0.946. The first-order chi connectivity index (χ1) is 13.5. The van der Waals surface area contributed by atoms with Gasteiger partial charge in [0.05, 0.1) is 5.69 Å². The quantitative estimate of drug-likeness (QED) is 0.667. The molecule has 0 aliphatic rings. The molecule has 0 aliphatic heterocycles. The van der Waals surface area contributed by atoms with E-state index in [0.717, 1.165) is 11.3 Å². The number of aromatic nitrogens is 3. The van der Waals surface area contributed by atoms with Crippen LogP contribution in [0.25, 0.3) is 17.1 Å². The first-order valence-corrected chi connectivity index (χ1v) is 9.05. The molecule has 2 aromatic carbocycles. The highest BCUT2D eigenvalue weighted by Gasteiger charge is 2.24. The molecule has 1 amide bonds. The van der Waals surface area contributed by atoms with Gasteiger partial charge in [0.1, 0.15) is 0 Å². The normalized spacial score (nSPS) is 11.9. The average molecular weight is 378 g/mol. The van der Waals surface area contributed by atoms with Gasteiger partial charge in [0, 0.05) is 11.6 Å². The number of carbonyl (C=O) groups excluding carboxylic acids is 2. The SMILES string of the molecule is CC(C)NC(=O)C(C)OC(=O)c1nc(-c2ccccc2)n(-c2ccccc2)n1. The van der Waals surface area contributed by atoms with Gasteiger partial charge in [-0.2, -0.15) is 0 Å². The fourth-order valence-electron chi connectivity index (χ4n) is 2.59. The fraction of sp³-hybridized carbons (Fsp3) is 0.238. The second-order valence-corrected chi connectivity index (χ2v) is 6.58. The zero-order valence-electron chi connectivity index (χ0n) is 16.0. The Morgan fingerprint density at radius 2 is 1.57 bits per heavy atom. The van der Waals surface area contributed by atoms with E-state index in [2.05, 4.69) is 15.4 Å². The predicted molar refractivity (Wildman–Crippen MR) is 105 cm³/mol. The Morgan fingerprint density at radius 1 is 0.964 bits per heavy atom. The van der Waals surface area contributed by atoms with Crippen molar-refractivity contribution in [1.29, 1.82) is 0 Å². The van der Waals surface area contributed by atoms with Crippen molar-refractivity contribution in [2.24, 2.45) is 0 Å². The molecule has 0 bridgehead atoms. The van der Waals surface area contributed by atoms with E-state index in [4.69, 9.17) is 4.74 Å². The Morgan fingerprint density at radius 3 is 2.18 bits per heavy atom. The molecule has 144 valence electrons. The molecule has 1 atom stereocenters. The first kappa shape index (κ1) is 19.3. The summed E-state index contributed by atoms with van der Waals surface area (Å²) in [6.45, 7) is 5.19. The predicted octanol–water partition coefficient (Wildman–Crippen LogP) is 3.00. The lowest BCUT2D eigenvalue weighted by atomic mass is 10.2. The summed E-state index contributed by atoms with van der Waals surface area (Å²) >= 11 is 0. The van der Waals surface area contributed by atoms with Crippen molar-refractivity contribution in [1.82, 2.24) is 20.1 Å². The van der Waals surface area contributed by atoms with Crippen LogP contribution >= 0.6 is 0 Å². The van der Waals surface area contributed by atoms with Crippen LogP contribution < -0.4 is 5.32 Å². The van der Waals surface area contributed by atoms with Crippen LogP contribution in [-0.2, 0) is 9.53 Å². The van der Waals surface area contributed by atoms with Gasteiger partial charge in [-0.25, -0.2) is 14.5 Å².